The zero-order chi connectivity index (χ0) is 8.10. The van der Waals surface area contributed by atoms with Crippen molar-refractivity contribution < 1.29 is 4.29 Å². The molecule has 0 amide bonds. The molecule has 0 heterocycles. The zero-order valence-corrected chi connectivity index (χ0v) is 6.45. The van der Waals surface area contributed by atoms with Gasteiger partial charge in [-0.05, 0) is 5.56 Å². The van der Waals surface area contributed by atoms with Crippen molar-refractivity contribution in [3.63, 3.8) is 0 Å². The smallest absolute Gasteiger partial charge is 0.190 e. The van der Waals surface area contributed by atoms with Gasteiger partial charge >= 0.3 is 0 Å². The van der Waals surface area contributed by atoms with Crippen molar-refractivity contribution >= 4 is 11.9 Å². The summed E-state index contributed by atoms with van der Waals surface area (Å²) < 4.78 is 4.40. The normalized spacial score (nSPS) is 12.0. The second-order valence-electron chi connectivity index (χ2n) is 2.01. The summed E-state index contributed by atoms with van der Waals surface area (Å²) in [5.41, 5.74) is 0.769. The lowest BCUT2D eigenvalue weighted by Gasteiger charge is -2.02. The fourth-order valence-electron chi connectivity index (χ4n) is 0.774. The molecule has 1 rings (SSSR count). The molecule has 0 aliphatic carbocycles. The molecule has 0 aromatic heterocycles. The standard InChI is InChI=1S/C8H6ClNO/c9-11-8(6-10)7-4-2-1-3-5-7/h1-5,8H. The molecule has 11 heavy (non-hydrogen) atoms. The molecule has 1 aromatic carbocycles. The molecule has 56 valence electrons. The van der Waals surface area contributed by atoms with E-state index in [4.69, 9.17) is 17.1 Å². The van der Waals surface area contributed by atoms with E-state index in [9.17, 15) is 0 Å². The van der Waals surface area contributed by atoms with Crippen LogP contribution in [0, 0.1) is 11.3 Å². The number of nitrogens with zero attached hydrogens (tertiary/aromatic N) is 1. The maximum absolute atomic E-state index is 8.52. The van der Waals surface area contributed by atoms with Gasteiger partial charge in [0.15, 0.2) is 6.10 Å². The largest absolute Gasteiger partial charge is 0.256 e. The van der Waals surface area contributed by atoms with Crippen LogP contribution in [0.4, 0.5) is 0 Å². The molecule has 1 unspecified atom stereocenters. The Bertz CT molecular complexity index is 255. The number of nitriles is 1. The van der Waals surface area contributed by atoms with Gasteiger partial charge in [-0.2, -0.15) is 5.26 Å². The number of benzene rings is 1. The van der Waals surface area contributed by atoms with Crippen LogP contribution in [0.15, 0.2) is 30.3 Å². The molecule has 3 heteroatoms. The summed E-state index contributed by atoms with van der Waals surface area (Å²) in [7, 11) is 0. The van der Waals surface area contributed by atoms with Crippen molar-refractivity contribution in [1.82, 2.24) is 0 Å². The minimum atomic E-state index is -0.669. The van der Waals surface area contributed by atoms with Gasteiger partial charge in [0.25, 0.3) is 0 Å². The van der Waals surface area contributed by atoms with E-state index < -0.39 is 6.10 Å². The third-order valence-corrected chi connectivity index (χ3v) is 1.49. The number of hydrogen-bond acceptors (Lipinski definition) is 2. The first-order valence-electron chi connectivity index (χ1n) is 3.10. The van der Waals surface area contributed by atoms with Crippen LogP contribution >= 0.6 is 11.9 Å². The Kier molecular flexibility index (Phi) is 2.91. The third-order valence-electron chi connectivity index (χ3n) is 1.31. The van der Waals surface area contributed by atoms with Gasteiger partial charge in [0.2, 0.25) is 0 Å². The lowest BCUT2D eigenvalue weighted by Crippen LogP contribution is -1.93. The average molecular weight is 168 g/mol. The Balaban J connectivity index is 2.85. The fraction of sp³-hybridized carbons (Fsp3) is 0.125. The lowest BCUT2D eigenvalue weighted by atomic mass is 10.1. The first kappa shape index (κ1) is 8.06. The summed E-state index contributed by atoms with van der Waals surface area (Å²) in [5.74, 6) is 0. The van der Waals surface area contributed by atoms with Gasteiger partial charge < -0.3 is 0 Å². The molecule has 0 N–H and O–H groups in total. The quantitative estimate of drug-likeness (QED) is 0.678. The van der Waals surface area contributed by atoms with Crippen molar-refractivity contribution in [2.75, 3.05) is 0 Å². The predicted molar refractivity (Wildman–Crippen MR) is 41.7 cm³/mol. The van der Waals surface area contributed by atoms with Crippen molar-refractivity contribution in [2.45, 2.75) is 6.10 Å². The first-order chi connectivity index (χ1) is 5.38. The summed E-state index contributed by atoms with van der Waals surface area (Å²) >= 11 is 5.08. The van der Waals surface area contributed by atoms with Crippen LogP contribution < -0.4 is 0 Å². The van der Waals surface area contributed by atoms with Gasteiger partial charge in [-0.3, -0.25) is 4.29 Å². The molecule has 0 saturated carbocycles. The second kappa shape index (κ2) is 3.97. The molecular formula is C8H6ClNO. The van der Waals surface area contributed by atoms with E-state index in [0.717, 1.165) is 5.56 Å². The highest BCUT2D eigenvalue weighted by atomic mass is 35.5. The zero-order valence-electron chi connectivity index (χ0n) is 5.70. The first-order valence-corrected chi connectivity index (χ1v) is 3.41. The Labute approximate surface area is 70.1 Å². The molecular weight excluding hydrogens is 162 g/mol. The van der Waals surface area contributed by atoms with Crippen molar-refractivity contribution in [1.29, 1.82) is 5.26 Å². The van der Waals surface area contributed by atoms with Crippen molar-refractivity contribution in [3.8, 4) is 6.07 Å². The van der Waals surface area contributed by atoms with Crippen molar-refractivity contribution in [3.05, 3.63) is 35.9 Å². The Morgan fingerprint density at radius 2 is 2.00 bits per heavy atom. The van der Waals surface area contributed by atoms with Gasteiger partial charge in [-0.15, -0.1) is 0 Å². The molecule has 1 aromatic rings. The summed E-state index contributed by atoms with van der Waals surface area (Å²) in [6, 6.07) is 11.0. The Morgan fingerprint density at radius 1 is 1.36 bits per heavy atom. The minimum absolute atomic E-state index is 0.669. The maximum Gasteiger partial charge on any atom is 0.190 e. The molecule has 0 fully saturated rings. The predicted octanol–water partition coefficient (Wildman–Crippen LogP) is 2.42. The van der Waals surface area contributed by atoms with Crippen LogP contribution in [-0.2, 0) is 4.29 Å². The molecule has 0 saturated heterocycles. The summed E-state index contributed by atoms with van der Waals surface area (Å²) in [6.07, 6.45) is -0.669. The van der Waals surface area contributed by atoms with Crippen LogP contribution in [0.5, 0.6) is 0 Å². The van der Waals surface area contributed by atoms with Gasteiger partial charge in [0.05, 0.1) is 11.9 Å². The molecule has 1 atom stereocenters. The van der Waals surface area contributed by atoms with E-state index in [1.165, 1.54) is 0 Å². The number of hydrogen-bond donors (Lipinski definition) is 0. The van der Waals surface area contributed by atoms with E-state index in [-0.39, 0.29) is 0 Å². The molecule has 0 spiro atoms. The van der Waals surface area contributed by atoms with E-state index in [0.29, 0.717) is 0 Å². The molecule has 2 nitrogen and oxygen atoms in total. The van der Waals surface area contributed by atoms with E-state index in [2.05, 4.69) is 4.29 Å². The van der Waals surface area contributed by atoms with Gasteiger partial charge in [0, 0.05) is 0 Å². The summed E-state index contributed by atoms with van der Waals surface area (Å²) in [5, 5.41) is 8.52. The van der Waals surface area contributed by atoms with Crippen LogP contribution in [0.1, 0.15) is 11.7 Å². The van der Waals surface area contributed by atoms with Crippen LogP contribution in [0.25, 0.3) is 0 Å². The highest BCUT2D eigenvalue weighted by molar-refractivity contribution is 6.07. The average Bonchev–Trinajstić information content (AvgIpc) is 2.09. The maximum atomic E-state index is 8.52. The molecule has 0 bridgehead atoms. The third kappa shape index (κ3) is 1.94. The highest BCUT2D eigenvalue weighted by Crippen LogP contribution is 2.16. The van der Waals surface area contributed by atoms with Gasteiger partial charge in [-0.1, -0.05) is 30.3 Å². The minimum Gasteiger partial charge on any atom is -0.256 e. The van der Waals surface area contributed by atoms with Gasteiger partial charge in [0.1, 0.15) is 6.07 Å². The Morgan fingerprint density at radius 3 is 2.45 bits per heavy atom. The summed E-state index contributed by atoms with van der Waals surface area (Å²) in [4.78, 5) is 0. The SMILES string of the molecule is N#CC(OCl)c1ccccc1. The lowest BCUT2D eigenvalue weighted by molar-refractivity contribution is 0.292. The number of rotatable bonds is 2. The van der Waals surface area contributed by atoms with Crippen molar-refractivity contribution in [2.24, 2.45) is 0 Å². The monoisotopic (exact) mass is 167 g/mol. The van der Waals surface area contributed by atoms with Crippen LogP contribution in [-0.4, -0.2) is 0 Å². The van der Waals surface area contributed by atoms with Crippen LogP contribution in [0.3, 0.4) is 0 Å². The molecule has 0 aliphatic heterocycles. The fourth-order valence-corrected chi connectivity index (χ4v) is 0.916. The Hall–Kier alpha value is -1.04. The second-order valence-corrected chi connectivity index (χ2v) is 2.19. The van der Waals surface area contributed by atoms with E-state index in [1.54, 1.807) is 12.1 Å². The van der Waals surface area contributed by atoms with E-state index >= 15 is 0 Å². The summed E-state index contributed by atoms with van der Waals surface area (Å²) in [6.45, 7) is 0. The molecule has 0 radical (unpaired) electrons. The highest BCUT2D eigenvalue weighted by Gasteiger charge is 2.07. The number of halogens is 1. The van der Waals surface area contributed by atoms with Crippen LogP contribution in [0.2, 0.25) is 0 Å². The molecule has 0 aliphatic rings. The van der Waals surface area contributed by atoms with Gasteiger partial charge in [-0.25, -0.2) is 0 Å². The van der Waals surface area contributed by atoms with E-state index in [1.807, 2.05) is 24.3 Å². The topological polar surface area (TPSA) is 33.0 Å².